The van der Waals surface area contributed by atoms with Crippen LogP contribution in [0.5, 0.6) is 0 Å². The van der Waals surface area contributed by atoms with Gasteiger partial charge in [-0.2, -0.15) is 0 Å². The molecular weight excluding hydrogens is 923 g/mol. The van der Waals surface area contributed by atoms with Gasteiger partial charge in [-0.25, -0.2) is 4.79 Å². The monoisotopic (exact) mass is 1050 g/mol. The number of allylic oxidation sites excluding steroid dienone is 4. The van der Waals surface area contributed by atoms with Crippen molar-refractivity contribution in [2.75, 3.05) is 47.5 Å². The normalized spacial score (nSPS) is 12.8. The summed E-state index contributed by atoms with van der Waals surface area (Å²) >= 11 is 0. The highest BCUT2D eigenvalue weighted by atomic mass is 16.7. The Morgan fingerprint density at radius 2 is 0.730 bits per heavy atom. The first-order chi connectivity index (χ1) is 36.1. The van der Waals surface area contributed by atoms with Gasteiger partial charge in [0.15, 0.2) is 6.10 Å². The number of hydrogen-bond donors (Lipinski definition) is 1. The fourth-order valence-corrected chi connectivity index (χ4v) is 9.52. The third-order valence-corrected chi connectivity index (χ3v) is 14.5. The number of unbranched alkanes of at least 4 members (excludes halogenated alkanes) is 41. The molecule has 436 valence electrons. The van der Waals surface area contributed by atoms with Crippen molar-refractivity contribution in [1.82, 2.24) is 0 Å². The number of carbonyl (C=O) groups excluding carboxylic acids is 2. The Kier molecular flexibility index (Phi) is 55.2. The number of likely N-dealkylation sites (N-methyl/N-ethyl adjacent to an activating group) is 1. The predicted octanol–water partition coefficient (Wildman–Crippen LogP) is 19.1. The minimum Gasteiger partial charge on any atom is -0.477 e. The van der Waals surface area contributed by atoms with E-state index in [9.17, 15) is 19.5 Å². The second-order valence-electron chi connectivity index (χ2n) is 23.1. The molecule has 0 aliphatic carbocycles. The van der Waals surface area contributed by atoms with Crippen molar-refractivity contribution in [3.8, 4) is 0 Å². The number of aliphatic carboxylic acids is 1. The van der Waals surface area contributed by atoms with E-state index in [0.29, 0.717) is 17.4 Å². The van der Waals surface area contributed by atoms with Crippen LogP contribution in [0.4, 0.5) is 0 Å². The molecule has 0 heterocycles. The van der Waals surface area contributed by atoms with E-state index in [1.165, 1.54) is 244 Å². The molecule has 0 saturated carbocycles. The van der Waals surface area contributed by atoms with Crippen molar-refractivity contribution < 1.29 is 42.9 Å². The number of nitrogens with zero attached hydrogens (tertiary/aromatic N) is 1. The van der Waals surface area contributed by atoms with E-state index in [1.807, 2.05) is 21.1 Å². The van der Waals surface area contributed by atoms with E-state index in [0.717, 1.165) is 44.9 Å². The zero-order valence-electron chi connectivity index (χ0n) is 49.8. The average Bonchev–Trinajstić information content (AvgIpc) is 3.37. The third-order valence-electron chi connectivity index (χ3n) is 14.5. The van der Waals surface area contributed by atoms with Crippen LogP contribution in [0.15, 0.2) is 24.3 Å². The lowest BCUT2D eigenvalue weighted by atomic mass is 10.0. The maximum atomic E-state index is 12.9. The van der Waals surface area contributed by atoms with E-state index >= 15 is 0 Å². The minimum absolute atomic E-state index is 0.175. The number of quaternary nitrogens is 1. The van der Waals surface area contributed by atoms with Crippen molar-refractivity contribution in [1.29, 1.82) is 0 Å². The lowest BCUT2D eigenvalue weighted by Crippen LogP contribution is -2.40. The summed E-state index contributed by atoms with van der Waals surface area (Å²) in [5, 5.41) is 9.71. The standard InChI is InChI=1S/C65H123NO8/c1-6-8-10-12-14-16-18-20-22-24-25-26-27-28-29-30-31-32-33-34-35-36-37-38-39-40-42-44-46-48-50-52-54-56-63(68)74-61(60-73-65(64(69)70)71-58-57-66(3,4)5)59-72-62(67)55-53-51-49-47-45-43-41-23-21-19-17-15-13-11-9-7-2/h18,20,24-25,61,65H,6-17,19,21-23,26-60H2,1-5H3/p+1/b20-18-,25-24-. The number of esters is 2. The maximum Gasteiger partial charge on any atom is 0.361 e. The molecule has 9 nitrogen and oxygen atoms in total. The van der Waals surface area contributed by atoms with Gasteiger partial charge in [-0.15, -0.1) is 0 Å². The number of carboxylic acids is 1. The molecule has 0 bridgehead atoms. The number of ether oxygens (including phenoxy) is 4. The molecule has 0 amide bonds. The predicted molar refractivity (Wildman–Crippen MR) is 314 cm³/mol. The van der Waals surface area contributed by atoms with E-state index in [2.05, 4.69) is 38.2 Å². The summed E-state index contributed by atoms with van der Waals surface area (Å²) in [4.78, 5) is 37.4. The first-order valence-electron chi connectivity index (χ1n) is 32.0. The maximum absolute atomic E-state index is 12.9. The number of carbonyl (C=O) groups is 3. The summed E-state index contributed by atoms with van der Waals surface area (Å²) in [6.07, 6.45) is 65.6. The smallest absolute Gasteiger partial charge is 0.361 e. The molecule has 0 aromatic carbocycles. The van der Waals surface area contributed by atoms with Gasteiger partial charge in [0.2, 0.25) is 0 Å². The Hall–Kier alpha value is -2.23. The summed E-state index contributed by atoms with van der Waals surface area (Å²) in [5.41, 5.74) is 0. The van der Waals surface area contributed by atoms with Gasteiger partial charge in [0, 0.05) is 12.8 Å². The van der Waals surface area contributed by atoms with Crippen LogP contribution >= 0.6 is 0 Å². The van der Waals surface area contributed by atoms with Gasteiger partial charge in [0.1, 0.15) is 13.2 Å². The van der Waals surface area contributed by atoms with Crippen LogP contribution in [0.25, 0.3) is 0 Å². The highest BCUT2D eigenvalue weighted by Crippen LogP contribution is 2.18. The van der Waals surface area contributed by atoms with Gasteiger partial charge in [-0.1, -0.05) is 282 Å². The number of rotatable bonds is 60. The van der Waals surface area contributed by atoms with Crippen molar-refractivity contribution in [2.45, 2.75) is 328 Å². The lowest BCUT2D eigenvalue weighted by Gasteiger charge is -2.25. The zero-order valence-corrected chi connectivity index (χ0v) is 49.8. The van der Waals surface area contributed by atoms with Gasteiger partial charge >= 0.3 is 17.9 Å². The Labute approximate surface area is 458 Å². The molecule has 9 heteroatoms. The second kappa shape index (κ2) is 57.0. The van der Waals surface area contributed by atoms with Gasteiger partial charge in [0.05, 0.1) is 34.4 Å². The van der Waals surface area contributed by atoms with E-state index in [1.54, 1.807) is 0 Å². The molecule has 0 aliphatic rings. The van der Waals surface area contributed by atoms with Crippen LogP contribution in [0.3, 0.4) is 0 Å². The molecule has 1 N–H and O–H groups in total. The van der Waals surface area contributed by atoms with E-state index in [4.69, 9.17) is 18.9 Å². The number of carboxylic acid groups (broad SMARTS) is 1. The summed E-state index contributed by atoms with van der Waals surface area (Å²) in [7, 11) is 5.98. The molecule has 0 saturated heterocycles. The van der Waals surface area contributed by atoms with Crippen molar-refractivity contribution in [3.63, 3.8) is 0 Å². The molecule has 0 aromatic rings. The van der Waals surface area contributed by atoms with E-state index in [-0.39, 0.29) is 38.2 Å². The Bertz CT molecular complexity index is 1260. The van der Waals surface area contributed by atoms with Gasteiger partial charge in [0.25, 0.3) is 6.29 Å². The van der Waals surface area contributed by atoms with Crippen LogP contribution in [0, 0.1) is 0 Å². The van der Waals surface area contributed by atoms with Crippen molar-refractivity contribution in [3.05, 3.63) is 24.3 Å². The van der Waals surface area contributed by atoms with Crippen LogP contribution in [-0.4, -0.2) is 87.4 Å². The van der Waals surface area contributed by atoms with Crippen LogP contribution < -0.4 is 0 Å². The fourth-order valence-electron chi connectivity index (χ4n) is 9.52. The molecule has 0 spiro atoms. The highest BCUT2D eigenvalue weighted by molar-refractivity contribution is 5.71. The van der Waals surface area contributed by atoms with Crippen molar-refractivity contribution in [2.24, 2.45) is 0 Å². The average molecular weight is 1050 g/mol. The summed E-state index contributed by atoms with van der Waals surface area (Å²) < 4.78 is 22.9. The van der Waals surface area contributed by atoms with Gasteiger partial charge < -0.3 is 28.5 Å². The SMILES string of the molecule is CCCCCCC/C=C\C/C=C\CCCCCCCCCCCCCCCCCCCCCCCC(=O)OC(COC(=O)CCCCCCCCCCCCCCCCCC)COC(OCC[N+](C)(C)C)C(=O)O. The zero-order chi connectivity index (χ0) is 54.1. The summed E-state index contributed by atoms with van der Waals surface area (Å²) in [6, 6.07) is 0. The first-order valence-corrected chi connectivity index (χ1v) is 32.0. The molecule has 0 aromatic heterocycles. The second-order valence-corrected chi connectivity index (χ2v) is 23.1. The largest absolute Gasteiger partial charge is 0.477 e. The Morgan fingerprint density at radius 3 is 1.07 bits per heavy atom. The Balaban J connectivity index is 4.04. The molecule has 0 aliphatic heterocycles. The fraction of sp³-hybridized carbons (Fsp3) is 0.892. The van der Waals surface area contributed by atoms with Crippen LogP contribution in [0.1, 0.15) is 316 Å². The quantitative estimate of drug-likeness (QED) is 0.0211. The summed E-state index contributed by atoms with van der Waals surface area (Å²) in [6.45, 7) is 4.92. The lowest BCUT2D eigenvalue weighted by molar-refractivity contribution is -0.870. The molecule has 2 unspecified atom stereocenters. The molecule has 74 heavy (non-hydrogen) atoms. The first kappa shape index (κ1) is 71.8. The topological polar surface area (TPSA) is 108 Å². The van der Waals surface area contributed by atoms with Gasteiger partial charge in [-0.05, 0) is 44.9 Å². The molecule has 0 rings (SSSR count). The van der Waals surface area contributed by atoms with E-state index < -0.39 is 18.4 Å². The Morgan fingerprint density at radius 1 is 0.405 bits per heavy atom. The number of hydrogen-bond acceptors (Lipinski definition) is 7. The molecule has 0 radical (unpaired) electrons. The molecular formula is C65H124NO8+. The van der Waals surface area contributed by atoms with Crippen LogP contribution in [0.2, 0.25) is 0 Å². The van der Waals surface area contributed by atoms with Crippen LogP contribution in [-0.2, 0) is 33.3 Å². The highest BCUT2D eigenvalue weighted by Gasteiger charge is 2.25. The molecule has 0 fully saturated rings. The third kappa shape index (κ3) is 57.5. The molecule has 2 atom stereocenters. The summed E-state index contributed by atoms with van der Waals surface area (Å²) in [5.74, 6) is -1.98. The van der Waals surface area contributed by atoms with Gasteiger partial charge in [-0.3, -0.25) is 9.59 Å². The van der Waals surface area contributed by atoms with Crippen molar-refractivity contribution >= 4 is 17.9 Å². The minimum atomic E-state index is -1.51.